The van der Waals surface area contributed by atoms with E-state index in [1.165, 1.54) is 0 Å². The van der Waals surface area contributed by atoms with Crippen molar-refractivity contribution < 1.29 is 9.47 Å². The van der Waals surface area contributed by atoms with E-state index in [4.69, 9.17) is 9.47 Å². The van der Waals surface area contributed by atoms with Crippen LogP contribution in [-0.4, -0.2) is 36.3 Å². The fraction of sp³-hybridized carbons (Fsp3) is 0.412. The summed E-state index contributed by atoms with van der Waals surface area (Å²) in [7, 11) is 1.65. The van der Waals surface area contributed by atoms with Gasteiger partial charge in [-0.3, -0.25) is 0 Å². The number of methoxy groups -OCH3 is 1. The van der Waals surface area contributed by atoms with Gasteiger partial charge in [0.25, 0.3) is 0 Å². The first-order valence-corrected chi connectivity index (χ1v) is 7.86. The zero-order valence-electron chi connectivity index (χ0n) is 13.5. The van der Waals surface area contributed by atoms with E-state index in [2.05, 4.69) is 20.6 Å². The molecule has 0 bridgehead atoms. The van der Waals surface area contributed by atoms with Crippen LogP contribution in [0.3, 0.4) is 0 Å². The molecule has 1 saturated heterocycles. The van der Waals surface area contributed by atoms with E-state index in [1.54, 1.807) is 7.11 Å². The van der Waals surface area contributed by atoms with Crippen molar-refractivity contribution in [3.05, 3.63) is 36.0 Å². The highest BCUT2D eigenvalue weighted by Gasteiger charge is 2.15. The topological polar surface area (TPSA) is 68.3 Å². The third kappa shape index (κ3) is 4.10. The molecule has 1 fully saturated rings. The Bertz CT molecular complexity index is 657. The number of rotatable bonds is 6. The molecular weight excluding hydrogens is 292 g/mol. The minimum Gasteiger partial charge on any atom is -0.495 e. The number of nitrogens with zero attached hydrogens (tertiary/aromatic N) is 2. The fourth-order valence-corrected chi connectivity index (χ4v) is 2.61. The van der Waals surface area contributed by atoms with Crippen LogP contribution >= 0.6 is 0 Å². The molecule has 1 aliphatic rings. The second-order valence-corrected chi connectivity index (χ2v) is 5.56. The van der Waals surface area contributed by atoms with Crippen LogP contribution in [0.25, 0.3) is 0 Å². The van der Waals surface area contributed by atoms with Crippen LogP contribution in [0.15, 0.2) is 30.3 Å². The molecule has 0 spiro atoms. The lowest BCUT2D eigenvalue weighted by Crippen LogP contribution is -2.19. The first kappa shape index (κ1) is 15.6. The number of ether oxygens (including phenoxy) is 2. The molecule has 122 valence electrons. The van der Waals surface area contributed by atoms with Gasteiger partial charge < -0.3 is 20.1 Å². The van der Waals surface area contributed by atoms with Crippen molar-refractivity contribution in [2.24, 2.45) is 0 Å². The van der Waals surface area contributed by atoms with Gasteiger partial charge >= 0.3 is 0 Å². The van der Waals surface area contributed by atoms with Gasteiger partial charge in [-0.25, -0.2) is 4.98 Å². The SMILES string of the molecule is COc1ccccc1Nc1nc(C)cc(NCC2CCCO2)n1. The Morgan fingerprint density at radius 1 is 1.30 bits per heavy atom. The van der Waals surface area contributed by atoms with Gasteiger partial charge in [0.05, 0.1) is 18.9 Å². The van der Waals surface area contributed by atoms with E-state index in [1.807, 2.05) is 37.3 Å². The highest BCUT2D eigenvalue weighted by Crippen LogP contribution is 2.26. The molecule has 1 unspecified atom stereocenters. The van der Waals surface area contributed by atoms with Crippen molar-refractivity contribution in [2.45, 2.75) is 25.9 Å². The summed E-state index contributed by atoms with van der Waals surface area (Å²) >= 11 is 0. The third-order valence-corrected chi connectivity index (χ3v) is 3.74. The van der Waals surface area contributed by atoms with Crippen LogP contribution in [0.4, 0.5) is 17.5 Å². The molecule has 1 aromatic heterocycles. The number of hydrogen-bond acceptors (Lipinski definition) is 6. The normalized spacial score (nSPS) is 17.0. The Kier molecular flexibility index (Phi) is 4.92. The maximum absolute atomic E-state index is 5.62. The van der Waals surface area contributed by atoms with Crippen molar-refractivity contribution in [2.75, 3.05) is 30.9 Å². The summed E-state index contributed by atoms with van der Waals surface area (Å²) in [6.45, 7) is 3.58. The average molecular weight is 314 g/mol. The van der Waals surface area contributed by atoms with Crippen LogP contribution in [0.2, 0.25) is 0 Å². The second kappa shape index (κ2) is 7.28. The monoisotopic (exact) mass is 314 g/mol. The Balaban J connectivity index is 1.71. The molecule has 0 amide bonds. The molecule has 0 saturated carbocycles. The predicted octanol–water partition coefficient (Wildman–Crippen LogP) is 3.13. The van der Waals surface area contributed by atoms with Gasteiger partial charge in [-0.15, -0.1) is 0 Å². The standard InChI is InChI=1S/C17H22N4O2/c1-12-10-16(18-11-13-6-5-9-23-13)21-17(19-12)20-14-7-3-4-8-15(14)22-2/h3-4,7-8,10,13H,5-6,9,11H2,1-2H3,(H2,18,19,20,21). The molecule has 0 aliphatic carbocycles. The molecular formula is C17H22N4O2. The zero-order chi connectivity index (χ0) is 16.1. The van der Waals surface area contributed by atoms with Gasteiger partial charge in [-0.2, -0.15) is 4.98 Å². The molecule has 1 aliphatic heterocycles. The van der Waals surface area contributed by atoms with Crippen molar-refractivity contribution in [1.29, 1.82) is 0 Å². The molecule has 23 heavy (non-hydrogen) atoms. The maximum Gasteiger partial charge on any atom is 0.229 e. The highest BCUT2D eigenvalue weighted by atomic mass is 16.5. The summed E-state index contributed by atoms with van der Waals surface area (Å²) < 4.78 is 11.0. The quantitative estimate of drug-likeness (QED) is 0.854. The Morgan fingerprint density at radius 3 is 2.96 bits per heavy atom. The van der Waals surface area contributed by atoms with Crippen molar-refractivity contribution in [3.63, 3.8) is 0 Å². The summed E-state index contributed by atoms with van der Waals surface area (Å²) in [6, 6.07) is 9.63. The maximum atomic E-state index is 5.62. The molecule has 0 radical (unpaired) electrons. The zero-order valence-corrected chi connectivity index (χ0v) is 13.5. The summed E-state index contributed by atoms with van der Waals surface area (Å²) in [5, 5.41) is 6.55. The van der Waals surface area contributed by atoms with Gasteiger partial charge in [-0.1, -0.05) is 12.1 Å². The van der Waals surface area contributed by atoms with Crippen molar-refractivity contribution in [3.8, 4) is 5.75 Å². The Morgan fingerprint density at radius 2 is 2.17 bits per heavy atom. The lowest BCUT2D eigenvalue weighted by molar-refractivity contribution is 0.120. The number of nitrogens with one attached hydrogen (secondary N) is 2. The summed E-state index contributed by atoms with van der Waals surface area (Å²) in [5.74, 6) is 2.10. The lowest BCUT2D eigenvalue weighted by Gasteiger charge is -2.14. The van der Waals surface area contributed by atoms with Crippen LogP contribution in [0.1, 0.15) is 18.5 Å². The van der Waals surface area contributed by atoms with Gasteiger partial charge in [-0.05, 0) is 31.9 Å². The number of hydrogen-bond donors (Lipinski definition) is 2. The average Bonchev–Trinajstić information content (AvgIpc) is 3.06. The fourth-order valence-electron chi connectivity index (χ4n) is 2.61. The smallest absolute Gasteiger partial charge is 0.229 e. The van der Waals surface area contributed by atoms with E-state index in [-0.39, 0.29) is 6.10 Å². The minimum atomic E-state index is 0.274. The molecule has 1 atom stereocenters. The summed E-state index contributed by atoms with van der Waals surface area (Å²) in [4.78, 5) is 8.96. The molecule has 2 heterocycles. The van der Waals surface area contributed by atoms with Gasteiger partial charge in [0.1, 0.15) is 11.6 Å². The molecule has 3 rings (SSSR count). The minimum absolute atomic E-state index is 0.274. The first-order chi connectivity index (χ1) is 11.2. The van der Waals surface area contributed by atoms with E-state index in [0.717, 1.165) is 48.9 Å². The van der Waals surface area contributed by atoms with Crippen LogP contribution in [-0.2, 0) is 4.74 Å². The van der Waals surface area contributed by atoms with Crippen LogP contribution in [0, 0.1) is 6.92 Å². The lowest BCUT2D eigenvalue weighted by atomic mass is 10.2. The summed E-state index contributed by atoms with van der Waals surface area (Å²) in [6.07, 6.45) is 2.51. The number of anilines is 3. The number of aromatic nitrogens is 2. The van der Waals surface area contributed by atoms with Gasteiger partial charge in [0, 0.05) is 24.9 Å². The molecule has 6 nitrogen and oxygen atoms in total. The Hall–Kier alpha value is -2.34. The number of para-hydroxylation sites is 2. The largest absolute Gasteiger partial charge is 0.495 e. The van der Waals surface area contributed by atoms with Gasteiger partial charge in [0.2, 0.25) is 5.95 Å². The highest BCUT2D eigenvalue weighted by molar-refractivity contribution is 5.63. The first-order valence-electron chi connectivity index (χ1n) is 7.86. The second-order valence-electron chi connectivity index (χ2n) is 5.56. The van der Waals surface area contributed by atoms with E-state index in [9.17, 15) is 0 Å². The van der Waals surface area contributed by atoms with Crippen LogP contribution in [0.5, 0.6) is 5.75 Å². The van der Waals surface area contributed by atoms with E-state index in [0.29, 0.717) is 5.95 Å². The Labute approximate surface area is 136 Å². The number of benzene rings is 1. The molecule has 6 heteroatoms. The van der Waals surface area contributed by atoms with Crippen LogP contribution < -0.4 is 15.4 Å². The van der Waals surface area contributed by atoms with E-state index >= 15 is 0 Å². The predicted molar refractivity (Wildman–Crippen MR) is 90.5 cm³/mol. The van der Waals surface area contributed by atoms with Crippen molar-refractivity contribution >= 4 is 17.5 Å². The molecule has 2 N–H and O–H groups in total. The third-order valence-electron chi connectivity index (χ3n) is 3.74. The molecule has 2 aromatic rings. The van der Waals surface area contributed by atoms with E-state index < -0.39 is 0 Å². The van der Waals surface area contributed by atoms with Gasteiger partial charge in [0.15, 0.2) is 0 Å². The van der Waals surface area contributed by atoms with Crippen molar-refractivity contribution in [1.82, 2.24) is 9.97 Å². The summed E-state index contributed by atoms with van der Waals surface area (Å²) in [5.41, 5.74) is 1.73. The number of aryl methyl sites for hydroxylation is 1. The molecule has 1 aromatic carbocycles.